The van der Waals surface area contributed by atoms with Crippen LogP contribution < -0.4 is 16.4 Å². The van der Waals surface area contributed by atoms with Crippen LogP contribution in [0.4, 0.5) is 9.59 Å². The van der Waals surface area contributed by atoms with Gasteiger partial charge in [-0.3, -0.25) is 0 Å². The number of amides is 2. The normalized spacial score (nSPS) is 19.4. The molecule has 1 aliphatic heterocycles. The second-order valence-corrected chi connectivity index (χ2v) is 11.4. The third kappa shape index (κ3) is 9.99. The molecule has 2 aliphatic rings. The van der Waals surface area contributed by atoms with Gasteiger partial charge in [-0.15, -0.1) is 0 Å². The first-order chi connectivity index (χ1) is 15.9. The monoisotopic (exact) mass is 481 g/mol. The smallest absolute Gasteiger partial charge is 0.410 e. The van der Waals surface area contributed by atoms with Crippen LogP contribution in [0.1, 0.15) is 80.1 Å². The van der Waals surface area contributed by atoms with Gasteiger partial charge < -0.3 is 35.6 Å². The quantitative estimate of drug-likeness (QED) is 0.486. The minimum atomic E-state index is -0.583. The van der Waals surface area contributed by atoms with Crippen molar-refractivity contribution in [3.8, 4) is 0 Å². The highest BCUT2D eigenvalue weighted by Crippen LogP contribution is 2.25. The van der Waals surface area contributed by atoms with Crippen LogP contribution in [0.2, 0.25) is 0 Å². The first kappa shape index (κ1) is 28.1. The summed E-state index contributed by atoms with van der Waals surface area (Å²) < 4.78 is 11.4. The third-order valence-corrected chi connectivity index (χ3v) is 5.81. The van der Waals surface area contributed by atoms with E-state index in [2.05, 4.69) is 10.6 Å². The summed E-state index contributed by atoms with van der Waals surface area (Å²) in [6.07, 6.45) is 7.38. The number of nitrogens with zero attached hydrogens (tertiary/aromatic N) is 2. The maximum Gasteiger partial charge on any atom is 0.410 e. The van der Waals surface area contributed by atoms with Crippen molar-refractivity contribution in [3.05, 3.63) is 11.9 Å². The van der Waals surface area contributed by atoms with E-state index in [1.165, 1.54) is 6.42 Å². The molecule has 1 atom stereocenters. The van der Waals surface area contributed by atoms with Crippen molar-refractivity contribution in [1.82, 2.24) is 20.4 Å². The van der Waals surface area contributed by atoms with Crippen molar-refractivity contribution < 1.29 is 19.1 Å². The summed E-state index contributed by atoms with van der Waals surface area (Å²) in [5.74, 6) is 0. The Bertz CT molecular complexity index is 692. The molecule has 34 heavy (non-hydrogen) atoms. The lowest BCUT2D eigenvalue weighted by Gasteiger charge is -2.36. The molecular weight excluding hydrogens is 434 g/mol. The van der Waals surface area contributed by atoms with Crippen molar-refractivity contribution >= 4 is 12.2 Å². The zero-order chi connectivity index (χ0) is 25.4. The molecule has 0 radical (unpaired) electrons. The average molecular weight is 482 g/mol. The van der Waals surface area contributed by atoms with Gasteiger partial charge >= 0.3 is 12.2 Å². The molecule has 1 saturated carbocycles. The highest BCUT2D eigenvalue weighted by molar-refractivity contribution is 5.69. The number of hydrogen-bond acceptors (Lipinski definition) is 7. The van der Waals surface area contributed by atoms with Crippen LogP contribution in [0.3, 0.4) is 0 Å². The lowest BCUT2D eigenvalue weighted by molar-refractivity contribution is 0.00971. The fourth-order valence-corrected chi connectivity index (χ4v) is 4.33. The lowest BCUT2D eigenvalue weighted by Crippen LogP contribution is -2.52. The van der Waals surface area contributed by atoms with Crippen molar-refractivity contribution in [3.63, 3.8) is 0 Å². The van der Waals surface area contributed by atoms with E-state index in [-0.39, 0.29) is 24.3 Å². The predicted octanol–water partition coefficient (Wildman–Crippen LogP) is 3.54. The zero-order valence-electron chi connectivity index (χ0n) is 22.1. The topological polar surface area (TPSA) is 109 Å². The van der Waals surface area contributed by atoms with Gasteiger partial charge in [0.1, 0.15) is 11.2 Å². The molecule has 0 aromatic heterocycles. The summed E-state index contributed by atoms with van der Waals surface area (Å²) in [6, 6.07) is 0.219. The summed E-state index contributed by atoms with van der Waals surface area (Å²) in [6.45, 7) is 13.9. The number of hydrogen-bond donors (Lipinski definition) is 3. The van der Waals surface area contributed by atoms with Crippen LogP contribution >= 0.6 is 0 Å². The highest BCUT2D eigenvalue weighted by Gasteiger charge is 2.30. The molecule has 196 valence electrons. The van der Waals surface area contributed by atoms with Crippen LogP contribution in [-0.4, -0.2) is 78.0 Å². The van der Waals surface area contributed by atoms with Crippen LogP contribution in [-0.2, 0) is 9.47 Å². The van der Waals surface area contributed by atoms with E-state index >= 15 is 0 Å². The molecular formula is C25H47N5O4. The molecule has 1 fully saturated rings. The van der Waals surface area contributed by atoms with Gasteiger partial charge in [0.25, 0.3) is 0 Å². The Morgan fingerprint density at radius 1 is 1.00 bits per heavy atom. The lowest BCUT2D eigenvalue weighted by atomic mass is 9.94. The summed E-state index contributed by atoms with van der Waals surface area (Å²) in [4.78, 5) is 29.6. The van der Waals surface area contributed by atoms with Gasteiger partial charge in [0.05, 0.1) is 6.04 Å². The SMILES string of the molecule is CC(C)(C)OC(=O)N(CCCN(C(=O)OC(C)(C)C)C1CCCCC1)CC1CNC=C(CN)N1. The van der Waals surface area contributed by atoms with E-state index in [1.807, 2.05) is 52.6 Å². The Balaban J connectivity index is 2.05. The van der Waals surface area contributed by atoms with Gasteiger partial charge in [-0.1, -0.05) is 19.3 Å². The van der Waals surface area contributed by atoms with E-state index in [0.717, 1.165) is 31.4 Å². The molecule has 9 heteroatoms. The average Bonchev–Trinajstić information content (AvgIpc) is 2.74. The largest absolute Gasteiger partial charge is 0.444 e. The van der Waals surface area contributed by atoms with Crippen LogP contribution in [0.15, 0.2) is 11.9 Å². The minimum Gasteiger partial charge on any atom is -0.444 e. The van der Waals surface area contributed by atoms with Crippen molar-refractivity contribution in [1.29, 1.82) is 0 Å². The molecule has 2 rings (SSSR count). The van der Waals surface area contributed by atoms with Gasteiger partial charge in [0.2, 0.25) is 0 Å². The van der Waals surface area contributed by atoms with E-state index in [0.29, 0.717) is 39.1 Å². The molecule has 0 spiro atoms. The fraction of sp³-hybridized carbons (Fsp3) is 0.840. The molecule has 1 heterocycles. The van der Waals surface area contributed by atoms with E-state index < -0.39 is 11.2 Å². The van der Waals surface area contributed by atoms with Crippen LogP contribution in [0, 0.1) is 0 Å². The molecule has 1 unspecified atom stereocenters. The maximum atomic E-state index is 13.0. The third-order valence-electron chi connectivity index (χ3n) is 5.81. The molecule has 1 aliphatic carbocycles. The number of carbonyl (C=O) groups is 2. The van der Waals surface area contributed by atoms with Gasteiger partial charge in [0, 0.05) is 50.7 Å². The summed E-state index contributed by atoms with van der Waals surface area (Å²) in [7, 11) is 0. The number of ether oxygens (including phenoxy) is 2. The molecule has 2 amide bonds. The van der Waals surface area contributed by atoms with Gasteiger partial charge in [-0.2, -0.15) is 0 Å². The number of carbonyl (C=O) groups excluding carboxylic acids is 2. The first-order valence-electron chi connectivity index (χ1n) is 12.7. The van der Waals surface area contributed by atoms with E-state index in [1.54, 1.807) is 4.90 Å². The maximum absolute atomic E-state index is 13.0. The Labute approximate surface area is 205 Å². The highest BCUT2D eigenvalue weighted by atomic mass is 16.6. The number of nitrogens with two attached hydrogens (primary N) is 1. The number of nitrogens with one attached hydrogen (secondary N) is 2. The Morgan fingerprint density at radius 2 is 1.62 bits per heavy atom. The summed E-state index contributed by atoms with van der Waals surface area (Å²) in [5, 5.41) is 6.62. The predicted molar refractivity (Wildman–Crippen MR) is 134 cm³/mol. The summed E-state index contributed by atoms with van der Waals surface area (Å²) >= 11 is 0. The Kier molecular flexibility index (Phi) is 10.3. The van der Waals surface area contributed by atoms with Crippen molar-refractivity contribution in [2.45, 2.75) is 103 Å². The Hall–Kier alpha value is -2.16. The first-order valence-corrected chi connectivity index (χ1v) is 12.7. The second-order valence-electron chi connectivity index (χ2n) is 11.4. The second kappa shape index (κ2) is 12.5. The molecule has 9 nitrogen and oxygen atoms in total. The molecule has 4 N–H and O–H groups in total. The van der Waals surface area contributed by atoms with Gasteiger partial charge in [0.15, 0.2) is 0 Å². The van der Waals surface area contributed by atoms with Crippen LogP contribution in [0.25, 0.3) is 0 Å². The minimum absolute atomic E-state index is 0.0244. The summed E-state index contributed by atoms with van der Waals surface area (Å²) in [5.41, 5.74) is 5.56. The molecule has 0 bridgehead atoms. The van der Waals surface area contributed by atoms with Gasteiger partial charge in [-0.25, -0.2) is 9.59 Å². The molecule has 0 aromatic rings. The van der Waals surface area contributed by atoms with Crippen molar-refractivity contribution in [2.75, 3.05) is 32.7 Å². The van der Waals surface area contributed by atoms with Crippen LogP contribution in [0.5, 0.6) is 0 Å². The zero-order valence-corrected chi connectivity index (χ0v) is 22.1. The molecule has 0 aromatic carbocycles. The fourth-order valence-electron chi connectivity index (χ4n) is 4.33. The molecule has 0 saturated heterocycles. The van der Waals surface area contributed by atoms with Gasteiger partial charge in [-0.05, 0) is 60.8 Å². The van der Waals surface area contributed by atoms with Crippen molar-refractivity contribution in [2.24, 2.45) is 5.73 Å². The standard InChI is InChI=1S/C25H47N5O4/c1-24(2,3)33-22(31)29(18-20-17-27-16-19(15-26)28-20)13-10-14-30(21-11-8-7-9-12-21)23(32)34-25(4,5)6/h16,20-21,27-28H,7-15,17-18,26H2,1-6H3. The van der Waals surface area contributed by atoms with E-state index in [9.17, 15) is 9.59 Å². The number of rotatable bonds is 8. The van der Waals surface area contributed by atoms with E-state index in [4.69, 9.17) is 15.2 Å². The Morgan fingerprint density at radius 3 is 2.21 bits per heavy atom.